The summed E-state index contributed by atoms with van der Waals surface area (Å²) in [6, 6.07) is 15.9. The van der Waals surface area contributed by atoms with E-state index in [-0.39, 0.29) is 12.4 Å². The molecule has 0 spiro atoms. The van der Waals surface area contributed by atoms with Crippen molar-refractivity contribution in [3.8, 4) is 5.75 Å². The van der Waals surface area contributed by atoms with Crippen molar-refractivity contribution in [1.82, 2.24) is 9.78 Å². The van der Waals surface area contributed by atoms with E-state index in [4.69, 9.17) is 44.0 Å². The number of nitrogens with zero attached hydrogens (tertiary/aromatic N) is 2. The van der Waals surface area contributed by atoms with Gasteiger partial charge in [0.2, 0.25) is 0 Å². The molecule has 33 heavy (non-hydrogen) atoms. The first-order chi connectivity index (χ1) is 15.8. The highest BCUT2D eigenvalue weighted by molar-refractivity contribution is 6.35. The Bertz CT molecular complexity index is 1290. The number of carbonyl (C=O) groups is 1. The molecule has 0 aliphatic carbocycles. The summed E-state index contributed by atoms with van der Waals surface area (Å²) in [5.41, 5.74) is 2.65. The fraction of sp³-hybridized carbons (Fsp3) is 0.167. The van der Waals surface area contributed by atoms with Gasteiger partial charge in [-0.15, -0.1) is 0 Å². The number of anilines is 1. The van der Waals surface area contributed by atoms with Gasteiger partial charge in [0, 0.05) is 21.8 Å². The molecule has 0 aliphatic heterocycles. The number of benzene rings is 2. The molecule has 2 heterocycles. The average molecular weight is 505 g/mol. The number of halogens is 3. The number of ether oxygens (including phenoxy) is 1. The normalized spacial score (nSPS) is 10.9. The third-order valence-electron chi connectivity index (χ3n) is 4.97. The monoisotopic (exact) mass is 503 g/mol. The van der Waals surface area contributed by atoms with Gasteiger partial charge in [-0.05, 0) is 55.3 Å². The van der Waals surface area contributed by atoms with Crippen LogP contribution in [0.3, 0.4) is 0 Å². The van der Waals surface area contributed by atoms with Crippen molar-refractivity contribution in [3.63, 3.8) is 0 Å². The second-order valence-corrected chi connectivity index (χ2v) is 8.71. The van der Waals surface area contributed by atoms with Gasteiger partial charge in [-0.25, -0.2) is 0 Å². The second kappa shape index (κ2) is 9.91. The Morgan fingerprint density at radius 1 is 1.06 bits per heavy atom. The van der Waals surface area contributed by atoms with Gasteiger partial charge in [-0.2, -0.15) is 5.10 Å². The zero-order valence-corrected chi connectivity index (χ0v) is 20.1. The summed E-state index contributed by atoms with van der Waals surface area (Å²) in [6.45, 7) is 4.39. The van der Waals surface area contributed by atoms with Crippen molar-refractivity contribution in [1.29, 1.82) is 0 Å². The predicted molar refractivity (Wildman–Crippen MR) is 130 cm³/mol. The lowest BCUT2D eigenvalue weighted by Gasteiger charge is -2.09. The lowest BCUT2D eigenvalue weighted by atomic mass is 10.2. The van der Waals surface area contributed by atoms with Gasteiger partial charge in [0.1, 0.15) is 18.1 Å². The van der Waals surface area contributed by atoms with Gasteiger partial charge in [0.15, 0.2) is 11.6 Å². The number of para-hydroxylation sites is 1. The SMILES string of the molecule is Cc1cccc(Cl)c1OCc1ccc(C(=O)Nc2cc(C)n(Cc3ccc(Cl)cc3Cl)n2)o1. The van der Waals surface area contributed by atoms with E-state index in [2.05, 4.69) is 10.4 Å². The third-order valence-corrected chi connectivity index (χ3v) is 5.85. The molecule has 1 amide bonds. The molecule has 9 heteroatoms. The maximum Gasteiger partial charge on any atom is 0.292 e. The van der Waals surface area contributed by atoms with Crippen LogP contribution in [0.25, 0.3) is 0 Å². The third kappa shape index (κ3) is 5.53. The number of carbonyl (C=O) groups excluding carboxylic acids is 1. The number of hydrogen-bond acceptors (Lipinski definition) is 4. The Balaban J connectivity index is 1.40. The number of nitrogens with one attached hydrogen (secondary N) is 1. The van der Waals surface area contributed by atoms with E-state index < -0.39 is 5.91 Å². The molecule has 0 unspecified atom stereocenters. The van der Waals surface area contributed by atoms with Gasteiger partial charge in [0.25, 0.3) is 5.91 Å². The molecule has 1 N–H and O–H groups in total. The number of amides is 1. The van der Waals surface area contributed by atoms with Crippen molar-refractivity contribution in [2.24, 2.45) is 0 Å². The van der Waals surface area contributed by atoms with Crippen molar-refractivity contribution < 1.29 is 13.9 Å². The van der Waals surface area contributed by atoms with Gasteiger partial charge in [0.05, 0.1) is 11.6 Å². The number of hydrogen-bond donors (Lipinski definition) is 1. The van der Waals surface area contributed by atoms with Crippen molar-refractivity contribution in [2.45, 2.75) is 27.0 Å². The van der Waals surface area contributed by atoms with Crippen LogP contribution in [0.1, 0.15) is 33.1 Å². The Labute approximate surface area is 206 Å². The molecular weight excluding hydrogens is 485 g/mol. The first-order valence-corrected chi connectivity index (χ1v) is 11.2. The minimum Gasteiger partial charge on any atom is -0.484 e. The minimum atomic E-state index is -0.413. The van der Waals surface area contributed by atoms with Crippen molar-refractivity contribution in [2.75, 3.05) is 5.32 Å². The van der Waals surface area contributed by atoms with Gasteiger partial charge >= 0.3 is 0 Å². The van der Waals surface area contributed by atoms with Crippen LogP contribution in [-0.4, -0.2) is 15.7 Å². The molecule has 170 valence electrons. The van der Waals surface area contributed by atoms with Gasteiger partial charge in [-0.3, -0.25) is 9.48 Å². The summed E-state index contributed by atoms with van der Waals surface area (Å²) in [4.78, 5) is 12.6. The summed E-state index contributed by atoms with van der Waals surface area (Å²) in [5, 5.41) is 8.85. The molecule has 4 rings (SSSR count). The second-order valence-electron chi connectivity index (χ2n) is 7.46. The maximum absolute atomic E-state index is 12.6. The molecule has 2 aromatic heterocycles. The minimum absolute atomic E-state index is 0.146. The molecular formula is C24H20Cl3N3O3. The molecule has 0 saturated heterocycles. The summed E-state index contributed by atoms with van der Waals surface area (Å²) < 4.78 is 13.1. The van der Waals surface area contributed by atoms with E-state index in [1.165, 1.54) is 0 Å². The predicted octanol–water partition coefficient (Wildman–Crippen LogP) is 6.93. The van der Waals surface area contributed by atoms with E-state index >= 15 is 0 Å². The first-order valence-electron chi connectivity index (χ1n) is 10.1. The Morgan fingerprint density at radius 2 is 1.88 bits per heavy atom. The molecule has 2 aromatic carbocycles. The van der Waals surface area contributed by atoms with Crippen LogP contribution in [-0.2, 0) is 13.2 Å². The number of furan rings is 1. The van der Waals surface area contributed by atoms with Crippen LogP contribution >= 0.6 is 34.8 Å². The van der Waals surface area contributed by atoms with Crippen LogP contribution in [0.2, 0.25) is 15.1 Å². The highest BCUT2D eigenvalue weighted by atomic mass is 35.5. The van der Waals surface area contributed by atoms with E-state index in [1.807, 2.05) is 32.0 Å². The molecule has 0 bridgehead atoms. The van der Waals surface area contributed by atoms with E-state index in [0.717, 1.165) is 16.8 Å². The summed E-state index contributed by atoms with van der Waals surface area (Å²) >= 11 is 18.4. The van der Waals surface area contributed by atoms with Crippen LogP contribution in [0, 0.1) is 13.8 Å². The highest BCUT2D eigenvalue weighted by Crippen LogP contribution is 2.29. The van der Waals surface area contributed by atoms with E-state index in [9.17, 15) is 4.79 Å². The Hall–Kier alpha value is -2.93. The Kier molecular flexibility index (Phi) is 6.98. The molecule has 0 aliphatic rings. The molecule has 6 nitrogen and oxygen atoms in total. The first kappa shape index (κ1) is 23.2. The largest absolute Gasteiger partial charge is 0.484 e. The van der Waals surface area contributed by atoms with Crippen LogP contribution in [0.5, 0.6) is 5.75 Å². The number of aryl methyl sites for hydroxylation is 2. The van der Waals surface area contributed by atoms with Crippen LogP contribution < -0.4 is 10.1 Å². The zero-order chi connectivity index (χ0) is 23.5. The molecule has 0 fully saturated rings. The molecule has 0 radical (unpaired) electrons. The quantitative estimate of drug-likeness (QED) is 0.296. The number of aromatic nitrogens is 2. The Morgan fingerprint density at radius 3 is 2.64 bits per heavy atom. The van der Waals surface area contributed by atoms with E-state index in [1.54, 1.807) is 41.1 Å². The smallest absolute Gasteiger partial charge is 0.292 e. The maximum atomic E-state index is 12.6. The van der Waals surface area contributed by atoms with Crippen LogP contribution in [0.15, 0.2) is 59.0 Å². The standard InChI is InChI=1S/C24H20Cl3N3O3/c1-14-4-3-5-19(26)23(14)32-13-18-8-9-21(33-18)24(31)28-22-10-15(2)30(29-22)12-16-6-7-17(25)11-20(16)27/h3-11H,12-13H2,1-2H3,(H,28,29,31). The zero-order valence-electron chi connectivity index (χ0n) is 17.9. The fourth-order valence-electron chi connectivity index (χ4n) is 3.24. The van der Waals surface area contributed by atoms with E-state index in [0.29, 0.717) is 38.9 Å². The van der Waals surface area contributed by atoms with Gasteiger partial charge in [-0.1, -0.05) is 53.0 Å². The lowest BCUT2D eigenvalue weighted by molar-refractivity contribution is 0.0992. The van der Waals surface area contributed by atoms with Gasteiger partial charge < -0.3 is 14.5 Å². The topological polar surface area (TPSA) is 69.3 Å². The van der Waals surface area contributed by atoms with Crippen LogP contribution in [0.4, 0.5) is 5.82 Å². The number of rotatable bonds is 7. The summed E-state index contributed by atoms with van der Waals surface area (Å²) in [7, 11) is 0. The summed E-state index contributed by atoms with van der Waals surface area (Å²) in [5.74, 6) is 1.23. The lowest BCUT2D eigenvalue weighted by Crippen LogP contribution is -2.12. The highest BCUT2D eigenvalue weighted by Gasteiger charge is 2.15. The fourth-order valence-corrected chi connectivity index (χ4v) is 3.99. The molecule has 4 aromatic rings. The summed E-state index contributed by atoms with van der Waals surface area (Å²) in [6.07, 6.45) is 0. The average Bonchev–Trinajstić information content (AvgIpc) is 3.36. The molecule has 0 atom stereocenters. The molecule has 0 saturated carbocycles. The van der Waals surface area contributed by atoms with Crippen molar-refractivity contribution >= 4 is 46.5 Å². The van der Waals surface area contributed by atoms with Crippen molar-refractivity contribution in [3.05, 3.63) is 98.0 Å².